The van der Waals surface area contributed by atoms with Crippen molar-refractivity contribution >= 4 is 35.1 Å². The highest BCUT2D eigenvalue weighted by atomic mass is 32.1. The third kappa shape index (κ3) is 3.68. The molecule has 0 spiro atoms. The maximum Gasteiger partial charge on any atom is 0.225 e. The van der Waals surface area contributed by atoms with Crippen LogP contribution < -0.4 is 5.32 Å². The van der Waals surface area contributed by atoms with Crippen molar-refractivity contribution in [2.45, 2.75) is 11.3 Å². The van der Waals surface area contributed by atoms with Crippen LogP contribution in [0.5, 0.6) is 0 Å². The summed E-state index contributed by atoms with van der Waals surface area (Å²) in [6.07, 6.45) is 2.13. The predicted octanol–water partition coefficient (Wildman–Crippen LogP) is 2.41. The van der Waals surface area contributed by atoms with Crippen LogP contribution in [0.4, 0.5) is 5.69 Å². The lowest BCUT2D eigenvalue weighted by molar-refractivity contribution is -0.116. The molecule has 4 nitrogen and oxygen atoms in total. The van der Waals surface area contributed by atoms with Gasteiger partial charge in [-0.2, -0.15) is 0 Å². The molecule has 0 atom stereocenters. The molecular weight excluding hydrogens is 258 g/mol. The van der Waals surface area contributed by atoms with Crippen molar-refractivity contribution in [2.75, 3.05) is 26.0 Å². The van der Waals surface area contributed by atoms with Gasteiger partial charge in [0.1, 0.15) is 0 Å². The molecule has 0 aliphatic rings. The number of para-hydroxylation sites is 1. The zero-order valence-corrected chi connectivity index (χ0v) is 11.9. The molecule has 1 heterocycles. The molecule has 0 radical (unpaired) electrons. The minimum atomic E-state index is -0.00289. The predicted molar refractivity (Wildman–Crippen MR) is 80.8 cm³/mol. The first-order chi connectivity index (χ1) is 9.06. The Labute approximate surface area is 118 Å². The van der Waals surface area contributed by atoms with Gasteiger partial charge in [0.2, 0.25) is 5.91 Å². The fourth-order valence-corrected chi connectivity index (χ4v) is 2.03. The summed E-state index contributed by atoms with van der Waals surface area (Å²) in [5.41, 5.74) is 1.56. The molecule has 100 valence electrons. The van der Waals surface area contributed by atoms with E-state index in [4.69, 9.17) is 0 Å². The fourth-order valence-electron chi connectivity index (χ4n) is 1.76. The average Bonchev–Trinajstić information content (AvgIpc) is 2.36. The number of pyridine rings is 1. The minimum absolute atomic E-state index is 0.00289. The number of carbonyl (C=O) groups is 1. The zero-order valence-electron chi connectivity index (χ0n) is 11.1. The monoisotopic (exact) mass is 275 g/mol. The summed E-state index contributed by atoms with van der Waals surface area (Å²) in [5, 5.41) is 3.83. The SMILES string of the molecule is CN(C)CCC(=O)Nc1cnc2c(S)cccc2c1. The van der Waals surface area contributed by atoms with Crippen LogP contribution in [0, 0.1) is 0 Å². The number of hydrogen-bond acceptors (Lipinski definition) is 4. The maximum atomic E-state index is 11.7. The Bertz CT molecular complexity index is 598. The first-order valence-electron chi connectivity index (χ1n) is 6.08. The molecule has 0 saturated carbocycles. The van der Waals surface area contributed by atoms with Crippen LogP contribution in [-0.4, -0.2) is 36.4 Å². The van der Waals surface area contributed by atoms with Crippen molar-refractivity contribution in [3.63, 3.8) is 0 Å². The lowest BCUT2D eigenvalue weighted by Gasteiger charge is -2.10. The number of anilines is 1. The molecule has 1 amide bonds. The Morgan fingerprint density at radius 1 is 1.42 bits per heavy atom. The molecule has 1 N–H and O–H groups in total. The summed E-state index contributed by atoms with van der Waals surface area (Å²) in [4.78, 5) is 18.9. The second-order valence-corrected chi connectivity index (χ2v) is 5.16. The average molecular weight is 275 g/mol. The van der Waals surface area contributed by atoms with E-state index in [0.29, 0.717) is 6.42 Å². The molecule has 0 aliphatic carbocycles. The van der Waals surface area contributed by atoms with E-state index in [1.54, 1.807) is 6.20 Å². The number of aromatic nitrogens is 1. The van der Waals surface area contributed by atoms with Gasteiger partial charge in [-0.25, -0.2) is 0 Å². The standard InChI is InChI=1S/C14H17N3OS/c1-17(2)7-6-13(18)16-11-8-10-4-3-5-12(19)14(10)15-9-11/h3-5,8-9,19H,6-7H2,1-2H3,(H,16,18). The van der Waals surface area contributed by atoms with E-state index in [1.807, 2.05) is 43.3 Å². The summed E-state index contributed by atoms with van der Waals surface area (Å²) in [5.74, 6) is -0.00289. The summed E-state index contributed by atoms with van der Waals surface area (Å²) in [6, 6.07) is 7.69. The molecule has 0 aliphatic heterocycles. The van der Waals surface area contributed by atoms with Crippen LogP contribution >= 0.6 is 12.6 Å². The van der Waals surface area contributed by atoms with Gasteiger partial charge >= 0.3 is 0 Å². The summed E-state index contributed by atoms with van der Waals surface area (Å²) < 4.78 is 0. The van der Waals surface area contributed by atoms with Crippen LogP contribution in [0.2, 0.25) is 0 Å². The maximum absolute atomic E-state index is 11.7. The van der Waals surface area contributed by atoms with Crippen molar-refractivity contribution in [1.29, 1.82) is 0 Å². The van der Waals surface area contributed by atoms with Crippen LogP contribution in [-0.2, 0) is 4.79 Å². The van der Waals surface area contributed by atoms with Gasteiger partial charge in [0.25, 0.3) is 0 Å². The van der Waals surface area contributed by atoms with Gasteiger partial charge in [-0.1, -0.05) is 12.1 Å². The Morgan fingerprint density at radius 3 is 2.95 bits per heavy atom. The van der Waals surface area contributed by atoms with Gasteiger partial charge in [0.05, 0.1) is 17.4 Å². The molecule has 0 bridgehead atoms. The number of rotatable bonds is 4. The molecule has 1 aromatic carbocycles. The molecule has 5 heteroatoms. The quantitative estimate of drug-likeness (QED) is 0.842. The number of nitrogens with zero attached hydrogens (tertiary/aromatic N) is 2. The third-order valence-corrected chi connectivity index (χ3v) is 3.12. The molecular formula is C14H17N3OS. The Balaban J connectivity index is 2.11. The normalized spacial score (nSPS) is 10.9. The minimum Gasteiger partial charge on any atom is -0.325 e. The number of nitrogens with one attached hydrogen (secondary N) is 1. The second-order valence-electron chi connectivity index (χ2n) is 4.67. The number of hydrogen-bond donors (Lipinski definition) is 2. The van der Waals surface area contributed by atoms with E-state index in [2.05, 4.69) is 22.9 Å². The topological polar surface area (TPSA) is 45.2 Å². The highest BCUT2D eigenvalue weighted by molar-refractivity contribution is 7.80. The van der Waals surface area contributed by atoms with Crippen molar-refractivity contribution in [1.82, 2.24) is 9.88 Å². The first-order valence-corrected chi connectivity index (χ1v) is 6.53. The van der Waals surface area contributed by atoms with E-state index in [1.165, 1.54) is 0 Å². The van der Waals surface area contributed by atoms with E-state index in [-0.39, 0.29) is 5.91 Å². The molecule has 0 fully saturated rings. The van der Waals surface area contributed by atoms with Crippen molar-refractivity contribution < 1.29 is 4.79 Å². The van der Waals surface area contributed by atoms with Gasteiger partial charge in [-0.05, 0) is 26.2 Å². The smallest absolute Gasteiger partial charge is 0.225 e. The molecule has 0 saturated heterocycles. The van der Waals surface area contributed by atoms with Crippen LogP contribution in [0.1, 0.15) is 6.42 Å². The van der Waals surface area contributed by atoms with E-state index in [0.717, 1.165) is 28.0 Å². The van der Waals surface area contributed by atoms with Crippen molar-refractivity contribution in [3.8, 4) is 0 Å². The van der Waals surface area contributed by atoms with Gasteiger partial charge in [-0.15, -0.1) is 12.6 Å². The highest BCUT2D eigenvalue weighted by Gasteiger charge is 2.05. The number of fused-ring (bicyclic) bond motifs is 1. The molecule has 0 unspecified atom stereocenters. The second kappa shape index (κ2) is 6.04. The van der Waals surface area contributed by atoms with Gasteiger partial charge in [0.15, 0.2) is 0 Å². The molecule has 19 heavy (non-hydrogen) atoms. The lowest BCUT2D eigenvalue weighted by atomic mass is 10.2. The lowest BCUT2D eigenvalue weighted by Crippen LogP contribution is -2.20. The van der Waals surface area contributed by atoms with E-state index < -0.39 is 0 Å². The van der Waals surface area contributed by atoms with Gasteiger partial charge in [0, 0.05) is 23.2 Å². The zero-order chi connectivity index (χ0) is 13.8. The first kappa shape index (κ1) is 13.8. The number of benzene rings is 1. The fraction of sp³-hybridized carbons (Fsp3) is 0.286. The summed E-state index contributed by atoms with van der Waals surface area (Å²) in [7, 11) is 3.89. The Morgan fingerprint density at radius 2 is 2.21 bits per heavy atom. The van der Waals surface area contributed by atoms with Crippen LogP contribution in [0.15, 0.2) is 35.4 Å². The largest absolute Gasteiger partial charge is 0.325 e. The van der Waals surface area contributed by atoms with Crippen molar-refractivity contribution in [2.24, 2.45) is 0 Å². The van der Waals surface area contributed by atoms with Crippen LogP contribution in [0.25, 0.3) is 10.9 Å². The summed E-state index contributed by atoms with van der Waals surface area (Å²) in [6.45, 7) is 0.730. The number of amides is 1. The molecule has 2 aromatic rings. The number of carbonyl (C=O) groups excluding carboxylic acids is 1. The third-order valence-electron chi connectivity index (χ3n) is 2.76. The van der Waals surface area contributed by atoms with Crippen molar-refractivity contribution in [3.05, 3.63) is 30.5 Å². The van der Waals surface area contributed by atoms with Gasteiger partial charge < -0.3 is 10.2 Å². The molecule has 1 aromatic heterocycles. The molecule has 2 rings (SSSR count). The highest BCUT2D eigenvalue weighted by Crippen LogP contribution is 2.22. The summed E-state index contributed by atoms with van der Waals surface area (Å²) >= 11 is 4.36. The Kier molecular flexibility index (Phi) is 4.39. The number of thiol groups is 1. The van der Waals surface area contributed by atoms with E-state index in [9.17, 15) is 4.79 Å². The Hall–Kier alpha value is -1.59. The van der Waals surface area contributed by atoms with Crippen LogP contribution in [0.3, 0.4) is 0 Å². The van der Waals surface area contributed by atoms with Gasteiger partial charge in [-0.3, -0.25) is 9.78 Å². The van der Waals surface area contributed by atoms with E-state index >= 15 is 0 Å².